The van der Waals surface area contributed by atoms with Crippen LogP contribution in [0.3, 0.4) is 0 Å². The van der Waals surface area contributed by atoms with Gasteiger partial charge in [-0.25, -0.2) is 4.79 Å². The second kappa shape index (κ2) is 4.68. The van der Waals surface area contributed by atoms with Crippen LogP contribution in [0.15, 0.2) is 6.07 Å². The van der Waals surface area contributed by atoms with Crippen molar-refractivity contribution >= 4 is 23.5 Å². The van der Waals surface area contributed by atoms with E-state index < -0.39 is 22.6 Å². The number of carbonyl (C=O) groups is 2. The van der Waals surface area contributed by atoms with Gasteiger partial charge in [0.2, 0.25) is 0 Å². The van der Waals surface area contributed by atoms with Gasteiger partial charge in [0, 0.05) is 0 Å². The zero-order valence-electron chi connectivity index (χ0n) is 12.0. The maximum atomic E-state index is 12.8. The molecule has 1 aromatic heterocycles. The smallest absolute Gasteiger partial charge is 0.323 e. The lowest BCUT2D eigenvalue weighted by atomic mass is 9.87. The lowest BCUT2D eigenvalue weighted by Crippen LogP contribution is -2.51. The van der Waals surface area contributed by atoms with Crippen LogP contribution in [-0.4, -0.2) is 26.8 Å². The molecule has 9 heteroatoms. The van der Waals surface area contributed by atoms with Gasteiger partial charge in [-0.05, 0) is 55.1 Å². The predicted molar refractivity (Wildman–Crippen MR) is 74.4 cm³/mol. The van der Waals surface area contributed by atoms with E-state index in [1.54, 1.807) is 0 Å². The standard InChI is InChI=1S/C14H14F3N3O2S/c15-14(16,17)10-5-9(19-23-10)6-20-11(21)13(7-1-2-7,8-3-4-8)18-12(20)22/h5,7-8H,1-4,6H2,(H,18,22). The highest BCUT2D eigenvalue weighted by Crippen LogP contribution is 2.54. The Labute approximate surface area is 134 Å². The zero-order valence-corrected chi connectivity index (χ0v) is 12.8. The normalized spacial score (nSPS) is 24.2. The Bertz CT molecular complexity index is 667. The summed E-state index contributed by atoms with van der Waals surface area (Å²) in [7, 11) is 0. The quantitative estimate of drug-likeness (QED) is 0.854. The molecule has 1 saturated heterocycles. The molecule has 2 heterocycles. The fraction of sp³-hybridized carbons (Fsp3) is 0.643. The van der Waals surface area contributed by atoms with E-state index in [0.29, 0.717) is 11.5 Å². The first kappa shape index (κ1) is 14.9. The highest BCUT2D eigenvalue weighted by Gasteiger charge is 2.65. The molecule has 0 spiro atoms. The average molecular weight is 345 g/mol. The third-order valence-electron chi connectivity index (χ3n) is 4.76. The van der Waals surface area contributed by atoms with Gasteiger partial charge in [-0.1, -0.05) is 0 Å². The van der Waals surface area contributed by atoms with Crippen molar-refractivity contribution in [3.63, 3.8) is 0 Å². The second-order valence-corrected chi connectivity index (χ2v) is 7.22. The van der Waals surface area contributed by atoms with E-state index in [2.05, 4.69) is 9.69 Å². The molecule has 0 aromatic carbocycles. The second-order valence-electron chi connectivity index (χ2n) is 6.42. The summed E-state index contributed by atoms with van der Waals surface area (Å²) in [6.07, 6.45) is -0.827. The predicted octanol–water partition coefficient (Wildman–Crippen LogP) is 2.77. The molecule has 0 bridgehead atoms. The number of urea groups is 1. The average Bonchev–Trinajstić information content (AvgIpc) is 3.38. The molecular formula is C14H14F3N3O2S. The molecule has 1 N–H and O–H groups in total. The number of amides is 3. The van der Waals surface area contributed by atoms with Crippen LogP contribution in [0.2, 0.25) is 0 Å². The number of rotatable bonds is 4. The van der Waals surface area contributed by atoms with Gasteiger partial charge in [0.05, 0.1) is 12.2 Å². The number of carbonyl (C=O) groups excluding carboxylic acids is 2. The van der Waals surface area contributed by atoms with Crippen LogP contribution in [0.5, 0.6) is 0 Å². The number of imide groups is 1. The molecule has 0 atom stereocenters. The molecule has 1 aromatic rings. The van der Waals surface area contributed by atoms with Crippen molar-refractivity contribution in [3.05, 3.63) is 16.6 Å². The molecule has 0 unspecified atom stereocenters. The van der Waals surface area contributed by atoms with Gasteiger partial charge in [0.25, 0.3) is 5.91 Å². The number of hydrogen-bond acceptors (Lipinski definition) is 4. The van der Waals surface area contributed by atoms with Crippen LogP contribution in [0, 0.1) is 11.8 Å². The van der Waals surface area contributed by atoms with Crippen LogP contribution in [0.4, 0.5) is 18.0 Å². The zero-order chi connectivity index (χ0) is 16.4. The maximum absolute atomic E-state index is 12.8. The molecule has 23 heavy (non-hydrogen) atoms. The fourth-order valence-corrected chi connectivity index (χ4v) is 4.02. The highest BCUT2D eigenvalue weighted by molar-refractivity contribution is 7.05. The topological polar surface area (TPSA) is 62.3 Å². The van der Waals surface area contributed by atoms with E-state index in [1.807, 2.05) is 0 Å². The van der Waals surface area contributed by atoms with Crippen LogP contribution in [0.25, 0.3) is 0 Å². The molecule has 2 saturated carbocycles. The molecule has 3 fully saturated rings. The summed E-state index contributed by atoms with van der Waals surface area (Å²) >= 11 is 0.335. The first-order chi connectivity index (χ1) is 10.8. The Hall–Kier alpha value is -1.64. The van der Waals surface area contributed by atoms with Crippen molar-refractivity contribution in [1.82, 2.24) is 14.6 Å². The van der Waals surface area contributed by atoms with E-state index in [-0.39, 0.29) is 30.0 Å². The molecule has 1 aliphatic heterocycles. The van der Waals surface area contributed by atoms with Crippen molar-refractivity contribution < 1.29 is 22.8 Å². The minimum absolute atomic E-state index is 0.0909. The number of nitrogens with one attached hydrogen (secondary N) is 1. The summed E-state index contributed by atoms with van der Waals surface area (Å²) in [5.41, 5.74) is -0.729. The monoisotopic (exact) mass is 345 g/mol. The minimum Gasteiger partial charge on any atom is -0.323 e. The molecule has 124 valence electrons. The van der Waals surface area contributed by atoms with Gasteiger partial charge < -0.3 is 5.32 Å². The number of alkyl halides is 3. The lowest BCUT2D eigenvalue weighted by molar-refractivity contribution is -0.134. The Morgan fingerprint density at radius 3 is 2.35 bits per heavy atom. The van der Waals surface area contributed by atoms with Gasteiger partial charge >= 0.3 is 12.2 Å². The van der Waals surface area contributed by atoms with Crippen molar-refractivity contribution in [2.75, 3.05) is 0 Å². The van der Waals surface area contributed by atoms with Crippen LogP contribution in [-0.2, 0) is 17.5 Å². The van der Waals surface area contributed by atoms with Gasteiger partial charge in [-0.3, -0.25) is 9.69 Å². The summed E-state index contributed by atoms with van der Waals surface area (Å²) in [5.74, 6) is 0.0318. The molecule has 3 amide bonds. The first-order valence-corrected chi connectivity index (χ1v) is 8.26. The minimum atomic E-state index is -4.46. The van der Waals surface area contributed by atoms with Gasteiger partial charge in [-0.2, -0.15) is 17.5 Å². The Kier molecular flexibility index (Phi) is 3.04. The summed E-state index contributed by atoms with van der Waals surface area (Å²) in [4.78, 5) is 25.2. The molecular weight excluding hydrogens is 331 g/mol. The summed E-state index contributed by atoms with van der Waals surface area (Å²) < 4.78 is 41.6. The largest absolute Gasteiger partial charge is 0.427 e. The first-order valence-electron chi connectivity index (χ1n) is 7.49. The highest BCUT2D eigenvalue weighted by atomic mass is 32.1. The van der Waals surface area contributed by atoms with Crippen LogP contribution >= 0.6 is 11.5 Å². The van der Waals surface area contributed by atoms with Crippen molar-refractivity contribution in [1.29, 1.82) is 0 Å². The van der Waals surface area contributed by atoms with Crippen molar-refractivity contribution in [2.45, 2.75) is 43.9 Å². The number of nitrogens with zero attached hydrogens (tertiary/aromatic N) is 2. The van der Waals surface area contributed by atoms with Gasteiger partial charge in [0.15, 0.2) is 0 Å². The molecule has 4 rings (SSSR count). The maximum Gasteiger partial charge on any atom is 0.427 e. The van der Waals surface area contributed by atoms with E-state index in [0.717, 1.165) is 36.6 Å². The van der Waals surface area contributed by atoms with E-state index in [1.165, 1.54) is 0 Å². The van der Waals surface area contributed by atoms with E-state index >= 15 is 0 Å². The molecule has 5 nitrogen and oxygen atoms in total. The fourth-order valence-electron chi connectivity index (χ4n) is 3.40. The molecule has 0 radical (unpaired) electrons. The van der Waals surface area contributed by atoms with Gasteiger partial charge in [0.1, 0.15) is 10.4 Å². The summed E-state index contributed by atoms with van der Waals surface area (Å²) in [6, 6.07) is 0.384. The Morgan fingerprint density at radius 2 is 1.87 bits per heavy atom. The van der Waals surface area contributed by atoms with Crippen molar-refractivity contribution in [2.24, 2.45) is 11.8 Å². The molecule has 2 aliphatic carbocycles. The van der Waals surface area contributed by atoms with Crippen LogP contribution in [0.1, 0.15) is 36.3 Å². The Morgan fingerprint density at radius 1 is 1.26 bits per heavy atom. The van der Waals surface area contributed by atoms with Crippen LogP contribution < -0.4 is 5.32 Å². The summed E-state index contributed by atoms with van der Waals surface area (Å²) in [6.45, 7) is -0.210. The Balaban J connectivity index is 1.56. The SMILES string of the molecule is O=C1NC(C2CC2)(C2CC2)C(=O)N1Cc1cc(C(F)(F)F)sn1. The van der Waals surface area contributed by atoms with E-state index in [9.17, 15) is 22.8 Å². The lowest BCUT2D eigenvalue weighted by Gasteiger charge is -2.26. The van der Waals surface area contributed by atoms with Gasteiger partial charge in [-0.15, -0.1) is 0 Å². The summed E-state index contributed by atoms with van der Waals surface area (Å²) in [5, 5.41) is 2.84. The van der Waals surface area contributed by atoms with Crippen molar-refractivity contribution in [3.8, 4) is 0 Å². The third kappa shape index (κ3) is 2.32. The number of hydrogen-bond donors (Lipinski definition) is 1. The molecule has 3 aliphatic rings. The number of aromatic nitrogens is 1. The third-order valence-corrected chi connectivity index (χ3v) is 5.63. The van der Waals surface area contributed by atoms with E-state index in [4.69, 9.17) is 0 Å². The number of halogens is 3.